The molecule has 2 rings (SSSR count). The molecular formula is C11H13F2NO. The number of halogens is 2. The van der Waals surface area contributed by atoms with E-state index in [2.05, 4.69) is 0 Å². The van der Waals surface area contributed by atoms with E-state index >= 15 is 0 Å². The summed E-state index contributed by atoms with van der Waals surface area (Å²) in [5, 5.41) is 0. The van der Waals surface area contributed by atoms with E-state index in [0.717, 1.165) is 32.0 Å². The van der Waals surface area contributed by atoms with Gasteiger partial charge in [0.2, 0.25) is 0 Å². The number of benzene rings is 1. The van der Waals surface area contributed by atoms with Crippen LogP contribution in [0.2, 0.25) is 0 Å². The SMILES string of the molecule is COc1cc(F)c(N2CCCC2)cc1F. The Morgan fingerprint density at radius 2 is 1.80 bits per heavy atom. The number of anilines is 1. The molecule has 0 radical (unpaired) electrons. The maximum absolute atomic E-state index is 13.6. The molecule has 4 heteroatoms. The Labute approximate surface area is 87.5 Å². The van der Waals surface area contributed by atoms with E-state index in [1.807, 2.05) is 4.90 Å². The number of methoxy groups -OCH3 is 1. The summed E-state index contributed by atoms with van der Waals surface area (Å²) in [6, 6.07) is 2.31. The Morgan fingerprint density at radius 3 is 2.40 bits per heavy atom. The van der Waals surface area contributed by atoms with Crippen LogP contribution in [0.15, 0.2) is 12.1 Å². The van der Waals surface area contributed by atoms with Gasteiger partial charge in [-0.25, -0.2) is 8.78 Å². The molecule has 0 amide bonds. The lowest BCUT2D eigenvalue weighted by atomic mass is 10.2. The quantitative estimate of drug-likeness (QED) is 0.748. The molecule has 1 aromatic carbocycles. The van der Waals surface area contributed by atoms with Gasteiger partial charge in [0.25, 0.3) is 0 Å². The average Bonchev–Trinajstić information content (AvgIpc) is 2.74. The van der Waals surface area contributed by atoms with Crippen LogP contribution < -0.4 is 9.64 Å². The smallest absolute Gasteiger partial charge is 0.167 e. The van der Waals surface area contributed by atoms with Crippen molar-refractivity contribution in [1.29, 1.82) is 0 Å². The summed E-state index contributed by atoms with van der Waals surface area (Å²) < 4.78 is 31.7. The topological polar surface area (TPSA) is 12.5 Å². The minimum atomic E-state index is -0.513. The highest BCUT2D eigenvalue weighted by atomic mass is 19.1. The third-order valence-electron chi connectivity index (χ3n) is 2.67. The predicted octanol–water partition coefficient (Wildman–Crippen LogP) is 2.57. The van der Waals surface area contributed by atoms with Gasteiger partial charge in [0.1, 0.15) is 5.82 Å². The highest BCUT2D eigenvalue weighted by molar-refractivity contribution is 5.51. The fourth-order valence-electron chi connectivity index (χ4n) is 1.87. The Kier molecular flexibility index (Phi) is 2.75. The van der Waals surface area contributed by atoms with Crippen LogP contribution in [0.1, 0.15) is 12.8 Å². The summed E-state index contributed by atoms with van der Waals surface area (Å²) in [6.07, 6.45) is 2.07. The van der Waals surface area contributed by atoms with Gasteiger partial charge in [-0.15, -0.1) is 0 Å². The monoisotopic (exact) mass is 213 g/mol. The summed E-state index contributed by atoms with van der Waals surface area (Å²) in [5.41, 5.74) is 0.339. The van der Waals surface area contributed by atoms with Crippen molar-refractivity contribution in [3.63, 3.8) is 0 Å². The number of hydrogen-bond acceptors (Lipinski definition) is 2. The van der Waals surface area contributed by atoms with Crippen molar-refractivity contribution in [2.75, 3.05) is 25.1 Å². The maximum Gasteiger partial charge on any atom is 0.167 e. The van der Waals surface area contributed by atoms with Crippen molar-refractivity contribution < 1.29 is 13.5 Å². The van der Waals surface area contributed by atoms with Crippen molar-refractivity contribution in [1.82, 2.24) is 0 Å². The molecule has 1 saturated heterocycles. The molecule has 0 saturated carbocycles. The van der Waals surface area contributed by atoms with Gasteiger partial charge in [-0.2, -0.15) is 0 Å². The molecule has 0 unspecified atom stereocenters. The predicted molar refractivity (Wildman–Crippen MR) is 54.4 cm³/mol. The molecule has 82 valence electrons. The van der Waals surface area contributed by atoms with Gasteiger partial charge < -0.3 is 9.64 Å². The number of nitrogens with zero attached hydrogens (tertiary/aromatic N) is 1. The second-order valence-corrected chi connectivity index (χ2v) is 3.63. The van der Waals surface area contributed by atoms with Crippen molar-refractivity contribution in [3.05, 3.63) is 23.8 Å². The normalized spacial score (nSPS) is 15.8. The van der Waals surface area contributed by atoms with Gasteiger partial charge in [0.15, 0.2) is 11.6 Å². The number of ether oxygens (including phenoxy) is 1. The molecule has 15 heavy (non-hydrogen) atoms. The third-order valence-corrected chi connectivity index (χ3v) is 2.67. The molecule has 0 bridgehead atoms. The van der Waals surface area contributed by atoms with Gasteiger partial charge in [-0.3, -0.25) is 0 Å². The summed E-state index contributed by atoms with van der Waals surface area (Å²) in [4.78, 5) is 1.86. The van der Waals surface area contributed by atoms with Gasteiger partial charge in [0.05, 0.1) is 12.8 Å². The summed E-state index contributed by atoms with van der Waals surface area (Å²) in [6.45, 7) is 1.59. The van der Waals surface area contributed by atoms with E-state index < -0.39 is 11.6 Å². The largest absolute Gasteiger partial charge is 0.494 e. The van der Waals surface area contributed by atoms with Crippen LogP contribution in [0, 0.1) is 11.6 Å². The molecule has 1 aliphatic heterocycles. The second kappa shape index (κ2) is 4.04. The van der Waals surface area contributed by atoms with Crippen LogP contribution in [0.5, 0.6) is 5.75 Å². The first-order chi connectivity index (χ1) is 7.22. The van der Waals surface area contributed by atoms with Crippen molar-refractivity contribution in [2.45, 2.75) is 12.8 Å². The van der Waals surface area contributed by atoms with Crippen molar-refractivity contribution in [2.24, 2.45) is 0 Å². The van der Waals surface area contributed by atoms with Crippen molar-refractivity contribution in [3.8, 4) is 5.75 Å². The van der Waals surface area contributed by atoms with Crippen molar-refractivity contribution >= 4 is 5.69 Å². The lowest BCUT2D eigenvalue weighted by Gasteiger charge is -2.18. The second-order valence-electron chi connectivity index (χ2n) is 3.63. The zero-order valence-electron chi connectivity index (χ0n) is 8.59. The van der Waals surface area contributed by atoms with Gasteiger partial charge in [-0.05, 0) is 12.8 Å². The molecule has 0 aromatic heterocycles. The minimum Gasteiger partial charge on any atom is -0.494 e. The number of hydrogen-bond donors (Lipinski definition) is 0. The van der Waals surface area contributed by atoms with Crippen LogP contribution in [0.4, 0.5) is 14.5 Å². The van der Waals surface area contributed by atoms with E-state index in [4.69, 9.17) is 4.74 Å². The molecule has 1 heterocycles. The molecular weight excluding hydrogens is 200 g/mol. The van der Waals surface area contributed by atoms with Gasteiger partial charge in [0, 0.05) is 25.2 Å². The molecule has 2 nitrogen and oxygen atoms in total. The van der Waals surface area contributed by atoms with E-state index in [1.54, 1.807) is 0 Å². The van der Waals surface area contributed by atoms with Crippen LogP contribution in [-0.2, 0) is 0 Å². The van der Waals surface area contributed by atoms with Crippen LogP contribution in [-0.4, -0.2) is 20.2 Å². The summed E-state index contributed by atoms with van der Waals surface area (Å²) in [5.74, 6) is -0.980. The third kappa shape index (κ3) is 1.89. The van der Waals surface area contributed by atoms with Crippen LogP contribution in [0.3, 0.4) is 0 Å². The van der Waals surface area contributed by atoms with Gasteiger partial charge in [-0.1, -0.05) is 0 Å². The summed E-state index contributed by atoms with van der Waals surface area (Å²) >= 11 is 0. The highest BCUT2D eigenvalue weighted by Gasteiger charge is 2.18. The lowest BCUT2D eigenvalue weighted by molar-refractivity contribution is 0.383. The number of rotatable bonds is 2. The van der Waals surface area contributed by atoms with Crippen LogP contribution >= 0.6 is 0 Å². The zero-order valence-corrected chi connectivity index (χ0v) is 8.59. The first kappa shape index (κ1) is 10.2. The van der Waals surface area contributed by atoms with E-state index in [9.17, 15) is 8.78 Å². The molecule has 0 spiro atoms. The first-order valence-electron chi connectivity index (χ1n) is 5.00. The first-order valence-corrected chi connectivity index (χ1v) is 5.00. The molecule has 0 N–H and O–H groups in total. The fraction of sp³-hybridized carbons (Fsp3) is 0.455. The molecule has 0 aliphatic carbocycles. The van der Waals surface area contributed by atoms with E-state index in [1.165, 1.54) is 13.2 Å². The molecule has 0 atom stereocenters. The Bertz CT molecular complexity index is 362. The fourth-order valence-corrected chi connectivity index (χ4v) is 1.87. The highest BCUT2D eigenvalue weighted by Crippen LogP contribution is 2.29. The van der Waals surface area contributed by atoms with E-state index in [0.29, 0.717) is 5.69 Å². The average molecular weight is 213 g/mol. The molecule has 1 aromatic rings. The zero-order chi connectivity index (χ0) is 10.8. The molecule has 1 aliphatic rings. The lowest BCUT2D eigenvalue weighted by Crippen LogP contribution is -2.19. The molecule has 1 fully saturated rings. The standard InChI is InChI=1S/C11H13F2NO/c1-15-11-7-8(12)10(6-9(11)13)14-4-2-3-5-14/h6-7H,2-5H2,1H3. The summed E-state index contributed by atoms with van der Waals surface area (Å²) in [7, 11) is 1.33. The maximum atomic E-state index is 13.6. The Hall–Kier alpha value is -1.32. The van der Waals surface area contributed by atoms with E-state index in [-0.39, 0.29) is 5.75 Å². The Balaban J connectivity index is 2.35. The minimum absolute atomic E-state index is 0.0459. The van der Waals surface area contributed by atoms with Crippen LogP contribution in [0.25, 0.3) is 0 Å². The van der Waals surface area contributed by atoms with Gasteiger partial charge >= 0.3 is 0 Å². The Morgan fingerprint density at radius 1 is 1.13 bits per heavy atom.